The zero-order valence-electron chi connectivity index (χ0n) is 33.0. The van der Waals surface area contributed by atoms with Gasteiger partial charge in [0.25, 0.3) is 0 Å². The number of hydrogen-bond acceptors (Lipinski definition) is 7. The van der Waals surface area contributed by atoms with Crippen molar-refractivity contribution in [2.45, 2.75) is 31.8 Å². The molecule has 0 atom stereocenters. The van der Waals surface area contributed by atoms with E-state index in [1.165, 1.54) is 26.4 Å². The van der Waals surface area contributed by atoms with Crippen LogP contribution >= 0.6 is 0 Å². The Bertz CT molecular complexity index is 2830. The van der Waals surface area contributed by atoms with Crippen molar-refractivity contribution in [1.29, 1.82) is 0 Å². The van der Waals surface area contributed by atoms with E-state index in [0.29, 0.717) is 5.69 Å². The van der Waals surface area contributed by atoms with E-state index in [-0.39, 0.29) is 46.1 Å². The quantitative estimate of drug-likeness (QED) is 0.0970. The highest BCUT2D eigenvalue weighted by Crippen LogP contribution is 2.42. The van der Waals surface area contributed by atoms with E-state index in [1.807, 2.05) is 91.0 Å². The number of anilines is 1. The van der Waals surface area contributed by atoms with Crippen LogP contribution in [-0.4, -0.2) is 41.9 Å². The number of alkyl halides is 3. The lowest BCUT2D eigenvalue weighted by atomic mass is 9.77. The second kappa shape index (κ2) is 16.2. The minimum atomic E-state index is -4.86. The minimum absolute atomic E-state index is 0.0339. The van der Waals surface area contributed by atoms with Crippen LogP contribution in [0.3, 0.4) is 0 Å². The number of benzene rings is 5. The number of hydrogen-bond donors (Lipinski definition) is 1. The van der Waals surface area contributed by atoms with Crippen LogP contribution in [0.5, 0.6) is 11.5 Å². The van der Waals surface area contributed by atoms with Crippen molar-refractivity contribution >= 4 is 22.6 Å². The summed E-state index contributed by atoms with van der Waals surface area (Å²) in [4.78, 5) is 35.2. The Morgan fingerprint density at radius 3 is 2.02 bits per heavy atom. The monoisotopic (exact) mass is 827 g/mol. The summed E-state index contributed by atoms with van der Waals surface area (Å²) in [6, 6.07) is 35.1. The Morgan fingerprint density at radius 2 is 1.44 bits per heavy atom. The summed E-state index contributed by atoms with van der Waals surface area (Å²) in [7, 11) is 2.63. The fraction of sp³-hybridized carbons (Fsp3) is 0.152. The van der Waals surface area contributed by atoms with Crippen LogP contribution in [0.15, 0.2) is 145 Å². The van der Waals surface area contributed by atoms with Crippen molar-refractivity contribution in [2.75, 3.05) is 12.4 Å². The number of carbonyl (C=O) groups is 1. The maximum Gasteiger partial charge on any atom is 0.416 e. The van der Waals surface area contributed by atoms with E-state index in [9.17, 15) is 22.8 Å². The number of aromatic nitrogens is 6. The summed E-state index contributed by atoms with van der Waals surface area (Å²) in [6.45, 7) is 0.859. The standard InChI is InChI=1S/C46H37F4N7O4/c1-29-19-35(25-51-24-29)53-41(58)26-56-38-23-34(46(48,49)50)22-36(42(38)55(2)44(56)59)30-20-37(47)43(39(21-30)60-3)61-27-40-52-28-57(54-40)45(31-13-7-4-8-14-31,32-15-9-5-10-16-32)33-17-11-6-12-18-33/h4-25,28H,26-27H2,1-3H3,(H,53,58). The highest BCUT2D eigenvalue weighted by molar-refractivity contribution is 5.96. The molecule has 3 aromatic heterocycles. The Morgan fingerprint density at radius 1 is 0.820 bits per heavy atom. The van der Waals surface area contributed by atoms with Crippen LogP contribution in [0.4, 0.5) is 23.2 Å². The Balaban J connectivity index is 1.15. The summed E-state index contributed by atoms with van der Waals surface area (Å²) in [5.41, 5.74) is 0.684. The molecule has 61 heavy (non-hydrogen) atoms. The molecule has 0 spiro atoms. The van der Waals surface area contributed by atoms with Crippen molar-refractivity contribution in [3.63, 3.8) is 0 Å². The van der Waals surface area contributed by atoms with Gasteiger partial charge >= 0.3 is 11.9 Å². The van der Waals surface area contributed by atoms with Gasteiger partial charge in [0.15, 0.2) is 23.1 Å². The SMILES string of the molecule is COc1cc(-c2cc(C(F)(F)F)cc3c2n(C)c(=O)n3CC(=O)Nc2cncc(C)c2)cc(F)c1OCc1ncn(C(c2ccccc2)(c2ccccc2)c2ccccc2)n1. The summed E-state index contributed by atoms with van der Waals surface area (Å²) in [5.74, 6) is -1.89. The average Bonchev–Trinajstić information content (AvgIpc) is 3.82. The van der Waals surface area contributed by atoms with Gasteiger partial charge in [0, 0.05) is 18.8 Å². The first kappa shape index (κ1) is 40.2. The molecule has 11 nitrogen and oxygen atoms in total. The van der Waals surface area contributed by atoms with E-state index in [1.54, 1.807) is 30.2 Å². The third-order valence-corrected chi connectivity index (χ3v) is 10.4. The van der Waals surface area contributed by atoms with Gasteiger partial charge in [-0.3, -0.25) is 18.9 Å². The van der Waals surface area contributed by atoms with Crippen molar-refractivity contribution < 1.29 is 31.8 Å². The maximum atomic E-state index is 16.3. The van der Waals surface area contributed by atoms with Gasteiger partial charge in [-0.05, 0) is 65.1 Å². The maximum absolute atomic E-state index is 16.3. The van der Waals surface area contributed by atoms with Crippen LogP contribution in [0.2, 0.25) is 0 Å². The minimum Gasteiger partial charge on any atom is -0.493 e. The first-order valence-corrected chi connectivity index (χ1v) is 19.0. The van der Waals surface area contributed by atoms with E-state index in [0.717, 1.165) is 49.6 Å². The Kier molecular flexibility index (Phi) is 10.7. The number of pyridine rings is 1. The van der Waals surface area contributed by atoms with Crippen molar-refractivity contribution in [2.24, 2.45) is 7.05 Å². The fourth-order valence-corrected chi connectivity index (χ4v) is 7.67. The van der Waals surface area contributed by atoms with Gasteiger partial charge in [0.05, 0.1) is 35.6 Å². The van der Waals surface area contributed by atoms with Crippen molar-refractivity contribution in [3.05, 3.63) is 190 Å². The molecule has 1 amide bonds. The highest BCUT2D eigenvalue weighted by atomic mass is 19.4. The largest absolute Gasteiger partial charge is 0.493 e. The predicted octanol–water partition coefficient (Wildman–Crippen LogP) is 8.53. The smallest absolute Gasteiger partial charge is 0.416 e. The van der Waals surface area contributed by atoms with Gasteiger partial charge in [0.2, 0.25) is 5.91 Å². The van der Waals surface area contributed by atoms with E-state index < -0.39 is 41.2 Å². The molecule has 3 heterocycles. The van der Waals surface area contributed by atoms with Crippen LogP contribution in [-0.2, 0) is 36.7 Å². The molecule has 0 aliphatic rings. The molecular formula is C46H37F4N7O4. The molecule has 0 aliphatic carbocycles. The van der Waals surface area contributed by atoms with Gasteiger partial charge in [-0.25, -0.2) is 18.9 Å². The van der Waals surface area contributed by atoms with Crippen LogP contribution in [0.25, 0.3) is 22.2 Å². The van der Waals surface area contributed by atoms with Crippen molar-refractivity contribution in [1.82, 2.24) is 28.9 Å². The summed E-state index contributed by atoms with van der Waals surface area (Å²) in [5, 5.41) is 7.48. The second-order valence-corrected chi connectivity index (χ2v) is 14.3. The zero-order valence-corrected chi connectivity index (χ0v) is 33.0. The molecule has 8 rings (SSSR count). The summed E-state index contributed by atoms with van der Waals surface area (Å²) in [6.07, 6.45) is -0.288. The van der Waals surface area contributed by atoms with Crippen LogP contribution in [0.1, 0.15) is 33.6 Å². The normalized spacial score (nSPS) is 11.8. The lowest BCUT2D eigenvalue weighted by Gasteiger charge is -2.35. The number of halogens is 4. The van der Waals surface area contributed by atoms with Gasteiger partial charge in [-0.1, -0.05) is 91.0 Å². The molecule has 0 radical (unpaired) electrons. The van der Waals surface area contributed by atoms with Gasteiger partial charge in [0.1, 0.15) is 25.0 Å². The topological polar surface area (TPSA) is 118 Å². The molecule has 0 bridgehead atoms. The number of rotatable bonds is 12. The molecule has 0 saturated carbocycles. The lowest BCUT2D eigenvalue weighted by Crippen LogP contribution is -2.38. The molecule has 5 aromatic carbocycles. The number of fused-ring (bicyclic) bond motifs is 1. The first-order valence-electron chi connectivity index (χ1n) is 19.0. The lowest BCUT2D eigenvalue weighted by molar-refractivity contribution is -0.137. The number of amides is 1. The van der Waals surface area contributed by atoms with Gasteiger partial charge in [-0.2, -0.15) is 18.3 Å². The average molecular weight is 828 g/mol. The third kappa shape index (κ3) is 7.61. The molecule has 1 N–H and O–H groups in total. The molecule has 0 saturated heterocycles. The van der Waals surface area contributed by atoms with E-state index in [2.05, 4.69) is 15.3 Å². The highest BCUT2D eigenvalue weighted by Gasteiger charge is 2.40. The summed E-state index contributed by atoms with van der Waals surface area (Å²) >= 11 is 0. The van der Waals surface area contributed by atoms with E-state index in [4.69, 9.17) is 14.6 Å². The molecule has 0 fully saturated rings. The van der Waals surface area contributed by atoms with Crippen LogP contribution < -0.4 is 20.5 Å². The van der Waals surface area contributed by atoms with Crippen LogP contribution in [0, 0.1) is 12.7 Å². The molecule has 8 aromatic rings. The Hall–Kier alpha value is -7.55. The number of carbonyl (C=O) groups excluding carboxylic acids is 1. The molecule has 15 heteroatoms. The number of ether oxygens (including phenoxy) is 2. The summed E-state index contributed by atoms with van der Waals surface area (Å²) < 4.78 is 74.9. The molecule has 0 aliphatic heterocycles. The molecule has 0 unspecified atom stereocenters. The number of aryl methyl sites for hydroxylation is 2. The zero-order chi connectivity index (χ0) is 42.9. The van der Waals surface area contributed by atoms with Gasteiger partial charge in [-0.15, -0.1) is 0 Å². The van der Waals surface area contributed by atoms with Gasteiger partial charge < -0.3 is 14.8 Å². The number of methoxy groups -OCH3 is 1. The third-order valence-electron chi connectivity index (χ3n) is 10.4. The predicted molar refractivity (Wildman–Crippen MR) is 221 cm³/mol. The molecule has 308 valence electrons. The number of imidazole rings is 1. The van der Waals surface area contributed by atoms with E-state index >= 15 is 4.39 Å². The number of nitrogens with one attached hydrogen (secondary N) is 1. The Labute approximate surface area is 346 Å². The first-order chi connectivity index (χ1) is 29.4. The molecular weight excluding hydrogens is 791 g/mol. The van der Waals surface area contributed by atoms with Crippen molar-refractivity contribution in [3.8, 4) is 22.6 Å². The number of nitrogens with zero attached hydrogens (tertiary/aromatic N) is 6. The second-order valence-electron chi connectivity index (χ2n) is 14.3. The fourth-order valence-electron chi connectivity index (χ4n) is 7.67.